The molecule has 0 radical (unpaired) electrons. The van der Waals surface area contributed by atoms with Gasteiger partial charge in [-0.1, -0.05) is 78.1 Å². The fourth-order valence-electron chi connectivity index (χ4n) is 4.75. The Balaban J connectivity index is 2.10. The molecule has 0 aromatic rings. The second-order valence-electron chi connectivity index (χ2n) is 7.47. The zero-order valence-electron chi connectivity index (χ0n) is 12.5. The lowest BCUT2D eigenvalue weighted by Crippen LogP contribution is -2.40. The van der Waals surface area contributed by atoms with Gasteiger partial charge in [0, 0.05) is 6.61 Å². The number of hydrogen-bond donors (Lipinski definition) is 1. The molecule has 106 valence electrons. The van der Waals surface area contributed by atoms with E-state index >= 15 is 0 Å². The lowest BCUT2D eigenvalue weighted by atomic mass is 9.60. The molecule has 0 heterocycles. The SMILES string of the molecule is CC(C)(CO)C(C1CCCCC1)C1CCCCC1. The van der Waals surface area contributed by atoms with Gasteiger partial charge in [-0.25, -0.2) is 0 Å². The van der Waals surface area contributed by atoms with Gasteiger partial charge in [-0.15, -0.1) is 0 Å². The van der Waals surface area contributed by atoms with Crippen molar-refractivity contribution in [2.45, 2.75) is 78.1 Å². The number of hydrogen-bond acceptors (Lipinski definition) is 1. The molecule has 0 aromatic heterocycles. The van der Waals surface area contributed by atoms with Gasteiger partial charge in [0.05, 0.1) is 0 Å². The van der Waals surface area contributed by atoms with E-state index in [9.17, 15) is 5.11 Å². The van der Waals surface area contributed by atoms with Crippen molar-refractivity contribution in [2.24, 2.45) is 23.2 Å². The van der Waals surface area contributed by atoms with Crippen LogP contribution in [0.1, 0.15) is 78.1 Å². The summed E-state index contributed by atoms with van der Waals surface area (Å²) in [6.07, 6.45) is 14.3. The maximum absolute atomic E-state index is 9.83. The van der Waals surface area contributed by atoms with Crippen LogP contribution in [0.3, 0.4) is 0 Å². The fraction of sp³-hybridized carbons (Fsp3) is 1.00. The van der Waals surface area contributed by atoms with Gasteiger partial charge >= 0.3 is 0 Å². The van der Waals surface area contributed by atoms with Crippen molar-refractivity contribution in [3.05, 3.63) is 0 Å². The van der Waals surface area contributed by atoms with Crippen LogP contribution in [0.25, 0.3) is 0 Å². The third-order valence-electron chi connectivity index (χ3n) is 5.63. The summed E-state index contributed by atoms with van der Waals surface area (Å²) in [6.45, 7) is 4.98. The molecule has 2 saturated carbocycles. The molecule has 0 aliphatic heterocycles. The molecule has 2 aliphatic carbocycles. The molecule has 0 aromatic carbocycles. The van der Waals surface area contributed by atoms with Gasteiger partial charge in [-0.05, 0) is 23.2 Å². The molecule has 2 fully saturated rings. The smallest absolute Gasteiger partial charge is 0.0484 e. The van der Waals surface area contributed by atoms with Crippen molar-refractivity contribution in [1.29, 1.82) is 0 Å². The first-order chi connectivity index (χ1) is 8.65. The molecule has 2 aliphatic rings. The number of aliphatic hydroxyl groups is 1. The van der Waals surface area contributed by atoms with Crippen LogP contribution in [0.5, 0.6) is 0 Å². The third kappa shape index (κ3) is 3.29. The van der Waals surface area contributed by atoms with Crippen molar-refractivity contribution >= 4 is 0 Å². The summed E-state index contributed by atoms with van der Waals surface area (Å²) in [5.41, 5.74) is 0.129. The van der Waals surface area contributed by atoms with Crippen LogP contribution in [-0.2, 0) is 0 Å². The highest BCUT2D eigenvalue weighted by molar-refractivity contribution is 4.90. The minimum atomic E-state index is 0.129. The quantitative estimate of drug-likeness (QED) is 0.763. The highest BCUT2D eigenvalue weighted by Crippen LogP contribution is 2.48. The molecule has 18 heavy (non-hydrogen) atoms. The Kier molecular flexibility index (Phi) is 5.12. The van der Waals surface area contributed by atoms with Crippen molar-refractivity contribution in [3.63, 3.8) is 0 Å². The van der Waals surface area contributed by atoms with E-state index in [1.54, 1.807) is 0 Å². The number of aliphatic hydroxyl groups excluding tert-OH is 1. The van der Waals surface area contributed by atoms with Gasteiger partial charge in [0.15, 0.2) is 0 Å². The van der Waals surface area contributed by atoms with E-state index in [2.05, 4.69) is 13.8 Å². The normalized spacial score (nSPS) is 24.7. The maximum atomic E-state index is 9.83. The lowest BCUT2D eigenvalue weighted by Gasteiger charge is -2.46. The van der Waals surface area contributed by atoms with Crippen molar-refractivity contribution < 1.29 is 5.11 Å². The Bertz CT molecular complexity index is 216. The van der Waals surface area contributed by atoms with Gasteiger partial charge < -0.3 is 5.11 Å². The summed E-state index contributed by atoms with van der Waals surface area (Å²) in [7, 11) is 0. The van der Waals surface area contributed by atoms with Crippen LogP contribution >= 0.6 is 0 Å². The molecule has 0 amide bonds. The van der Waals surface area contributed by atoms with Crippen LogP contribution in [0.4, 0.5) is 0 Å². The minimum absolute atomic E-state index is 0.129. The zero-order chi connectivity index (χ0) is 13.0. The van der Waals surface area contributed by atoms with Gasteiger partial charge in [-0.2, -0.15) is 0 Å². The fourth-order valence-corrected chi connectivity index (χ4v) is 4.75. The minimum Gasteiger partial charge on any atom is -0.396 e. The summed E-state index contributed by atoms with van der Waals surface area (Å²) in [5, 5.41) is 9.83. The molecular weight excluding hydrogens is 220 g/mol. The first kappa shape index (κ1) is 14.4. The van der Waals surface area contributed by atoms with Gasteiger partial charge in [0.2, 0.25) is 0 Å². The molecule has 1 nitrogen and oxygen atoms in total. The zero-order valence-corrected chi connectivity index (χ0v) is 12.5. The lowest BCUT2D eigenvalue weighted by molar-refractivity contribution is -0.00302. The van der Waals surface area contributed by atoms with Crippen LogP contribution in [0.2, 0.25) is 0 Å². The summed E-state index contributed by atoms with van der Waals surface area (Å²) >= 11 is 0. The molecule has 1 heteroatoms. The van der Waals surface area contributed by atoms with Crippen molar-refractivity contribution in [3.8, 4) is 0 Å². The van der Waals surface area contributed by atoms with E-state index in [4.69, 9.17) is 0 Å². The van der Waals surface area contributed by atoms with Gasteiger partial charge in [0.1, 0.15) is 0 Å². The van der Waals surface area contributed by atoms with E-state index in [-0.39, 0.29) is 5.41 Å². The molecule has 1 N–H and O–H groups in total. The van der Waals surface area contributed by atoms with E-state index < -0.39 is 0 Å². The molecule has 0 unspecified atom stereocenters. The predicted molar refractivity (Wildman–Crippen MR) is 77.5 cm³/mol. The second kappa shape index (κ2) is 6.41. The van der Waals surface area contributed by atoms with E-state index in [1.165, 1.54) is 64.2 Å². The largest absolute Gasteiger partial charge is 0.396 e. The van der Waals surface area contributed by atoms with Crippen molar-refractivity contribution in [1.82, 2.24) is 0 Å². The topological polar surface area (TPSA) is 20.2 Å². The van der Waals surface area contributed by atoms with E-state index in [1.807, 2.05) is 0 Å². The van der Waals surface area contributed by atoms with Gasteiger partial charge in [0.25, 0.3) is 0 Å². The molecule has 2 rings (SSSR count). The standard InChI is InChI=1S/C17H32O/c1-17(2,13-18)16(14-9-5-3-6-10-14)15-11-7-4-8-12-15/h14-16,18H,3-13H2,1-2H3. The summed E-state index contributed by atoms with van der Waals surface area (Å²) in [4.78, 5) is 0. The summed E-state index contributed by atoms with van der Waals surface area (Å²) in [6, 6.07) is 0. The highest BCUT2D eigenvalue weighted by Gasteiger charge is 2.40. The number of rotatable bonds is 4. The first-order valence-corrected chi connectivity index (χ1v) is 8.26. The van der Waals surface area contributed by atoms with Crippen LogP contribution in [0.15, 0.2) is 0 Å². The van der Waals surface area contributed by atoms with Crippen molar-refractivity contribution in [2.75, 3.05) is 6.61 Å². The molecular formula is C17H32O. The third-order valence-corrected chi connectivity index (χ3v) is 5.63. The van der Waals surface area contributed by atoms with E-state index in [0.717, 1.165) is 17.8 Å². The van der Waals surface area contributed by atoms with Crippen LogP contribution < -0.4 is 0 Å². The predicted octanol–water partition coefficient (Wildman–Crippen LogP) is 4.78. The molecule has 0 bridgehead atoms. The summed E-state index contributed by atoms with van der Waals surface area (Å²) < 4.78 is 0. The average molecular weight is 252 g/mol. The Morgan fingerprint density at radius 1 is 0.833 bits per heavy atom. The Morgan fingerprint density at radius 2 is 1.22 bits per heavy atom. The van der Waals surface area contributed by atoms with Crippen LogP contribution in [-0.4, -0.2) is 11.7 Å². The summed E-state index contributed by atoms with van der Waals surface area (Å²) in [5.74, 6) is 2.55. The monoisotopic (exact) mass is 252 g/mol. The molecule has 0 saturated heterocycles. The van der Waals surface area contributed by atoms with Gasteiger partial charge in [-0.3, -0.25) is 0 Å². The average Bonchev–Trinajstić information content (AvgIpc) is 2.41. The Labute approximate surface area is 113 Å². The maximum Gasteiger partial charge on any atom is 0.0484 e. The highest BCUT2D eigenvalue weighted by atomic mass is 16.3. The second-order valence-corrected chi connectivity index (χ2v) is 7.47. The Hall–Kier alpha value is -0.0400. The molecule has 0 atom stereocenters. The first-order valence-electron chi connectivity index (χ1n) is 8.26. The van der Waals surface area contributed by atoms with E-state index in [0.29, 0.717) is 6.61 Å². The molecule has 0 spiro atoms. The van der Waals surface area contributed by atoms with Crippen LogP contribution in [0, 0.1) is 23.2 Å². The Morgan fingerprint density at radius 3 is 1.56 bits per heavy atom.